The smallest absolute Gasteiger partial charge is 0.488 e. The summed E-state index contributed by atoms with van der Waals surface area (Å²) < 4.78 is 5.55. The highest BCUT2D eigenvalue weighted by Gasteiger charge is 2.11. The van der Waals surface area contributed by atoms with Crippen molar-refractivity contribution < 1.29 is 14.8 Å². The van der Waals surface area contributed by atoms with Crippen LogP contribution in [0.25, 0.3) is 0 Å². The normalized spacial score (nSPS) is 10.1. The highest BCUT2D eigenvalue weighted by molar-refractivity contribution is 6.58. The molecule has 0 saturated carbocycles. The number of benzene rings is 1. The van der Waals surface area contributed by atoms with E-state index in [9.17, 15) is 0 Å². The summed E-state index contributed by atoms with van der Waals surface area (Å²) in [7, 11) is -1.41. The Hall–Kier alpha value is -0.995. The molecule has 82 valence electrons. The lowest BCUT2D eigenvalue weighted by molar-refractivity contribution is 0.307. The Morgan fingerprint density at radius 3 is 2.60 bits per heavy atom. The lowest BCUT2D eigenvalue weighted by Gasteiger charge is -2.09. The van der Waals surface area contributed by atoms with Crippen LogP contribution in [0.3, 0.4) is 0 Å². The Morgan fingerprint density at radius 2 is 2.07 bits per heavy atom. The van der Waals surface area contributed by atoms with Crippen LogP contribution in [0.4, 0.5) is 0 Å². The van der Waals surface area contributed by atoms with Crippen LogP contribution < -0.4 is 10.2 Å². The SMILES string of the molecule is CCCCOc1ccc(B(O)O)cc1C. The Labute approximate surface area is 90.9 Å². The number of hydrogen-bond donors (Lipinski definition) is 2. The molecule has 0 amide bonds. The summed E-state index contributed by atoms with van der Waals surface area (Å²) in [6, 6.07) is 5.17. The van der Waals surface area contributed by atoms with Gasteiger partial charge in [0.1, 0.15) is 5.75 Å². The van der Waals surface area contributed by atoms with E-state index >= 15 is 0 Å². The summed E-state index contributed by atoms with van der Waals surface area (Å²) in [6.45, 7) is 4.72. The van der Waals surface area contributed by atoms with Crippen molar-refractivity contribution >= 4 is 12.6 Å². The summed E-state index contributed by atoms with van der Waals surface area (Å²) in [5.74, 6) is 0.813. The molecule has 0 fully saturated rings. The Morgan fingerprint density at radius 1 is 1.33 bits per heavy atom. The molecule has 0 bridgehead atoms. The van der Waals surface area contributed by atoms with E-state index in [2.05, 4.69) is 6.92 Å². The highest BCUT2D eigenvalue weighted by Crippen LogP contribution is 2.15. The first-order valence-corrected chi connectivity index (χ1v) is 5.24. The van der Waals surface area contributed by atoms with Gasteiger partial charge in [-0.1, -0.05) is 25.5 Å². The first-order valence-electron chi connectivity index (χ1n) is 5.24. The van der Waals surface area contributed by atoms with Crippen molar-refractivity contribution in [1.29, 1.82) is 0 Å². The quantitative estimate of drug-likeness (QED) is 0.557. The van der Waals surface area contributed by atoms with Gasteiger partial charge >= 0.3 is 7.12 Å². The third-order valence-electron chi connectivity index (χ3n) is 2.25. The zero-order valence-corrected chi connectivity index (χ0v) is 9.23. The van der Waals surface area contributed by atoms with E-state index < -0.39 is 7.12 Å². The number of aryl methyl sites for hydroxylation is 1. The molecule has 0 atom stereocenters. The topological polar surface area (TPSA) is 49.7 Å². The summed E-state index contributed by atoms with van der Waals surface area (Å²) in [5, 5.41) is 17.9. The molecule has 0 aliphatic rings. The molecule has 1 rings (SSSR count). The van der Waals surface area contributed by atoms with E-state index in [1.807, 2.05) is 6.92 Å². The van der Waals surface area contributed by atoms with Crippen LogP contribution in [0.1, 0.15) is 25.3 Å². The van der Waals surface area contributed by atoms with Gasteiger partial charge in [-0.3, -0.25) is 0 Å². The van der Waals surface area contributed by atoms with E-state index in [1.54, 1.807) is 18.2 Å². The fraction of sp³-hybridized carbons (Fsp3) is 0.455. The van der Waals surface area contributed by atoms with Gasteiger partial charge in [-0.25, -0.2) is 0 Å². The average molecular weight is 208 g/mol. The lowest BCUT2D eigenvalue weighted by Crippen LogP contribution is -2.29. The standard InChI is InChI=1S/C11H17BO3/c1-3-4-7-15-11-6-5-10(12(13)14)8-9(11)2/h5-6,8,13-14H,3-4,7H2,1-2H3. The van der Waals surface area contributed by atoms with Gasteiger partial charge in [-0.15, -0.1) is 0 Å². The lowest BCUT2D eigenvalue weighted by atomic mass is 9.79. The average Bonchev–Trinajstić information content (AvgIpc) is 2.20. The first-order chi connectivity index (χ1) is 7.15. The second-order valence-electron chi connectivity index (χ2n) is 3.60. The Balaban J connectivity index is 2.66. The number of unbranched alkanes of at least 4 members (excludes halogenated alkanes) is 1. The van der Waals surface area contributed by atoms with E-state index in [0.717, 1.165) is 24.2 Å². The fourth-order valence-corrected chi connectivity index (χ4v) is 1.32. The molecular weight excluding hydrogens is 191 g/mol. The van der Waals surface area contributed by atoms with Gasteiger partial charge in [-0.2, -0.15) is 0 Å². The van der Waals surface area contributed by atoms with Crippen molar-refractivity contribution in [3.8, 4) is 5.75 Å². The maximum Gasteiger partial charge on any atom is 0.488 e. The first kappa shape index (κ1) is 12.1. The predicted octanol–water partition coefficient (Wildman–Crippen LogP) is 0.854. The minimum absolute atomic E-state index is 0.496. The Kier molecular flexibility index (Phi) is 4.65. The number of hydrogen-bond acceptors (Lipinski definition) is 3. The molecule has 4 heteroatoms. The van der Waals surface area contributed by atoms with Gasteiger partial charge in [0.15, 0.2) is 0 Å². The molecular formula is C11H17BO3. The minimum atomic E-state index is -1.41. The number of rotatable bonds is 5. The molecule has 0 heterocycles. The molecule has 1 aromatic carbocycles. The summed E-state index contributed by atoms with van der Waals surface area (Å²) >= 11 is 0. The van der Waals surface area contributed by atoms with Gasteiger partial charge in [0, 0.05) is 0 Å². The predicted molar refractivity (Wildman–Crippen MR) is 61.4 cm³/mol. The van der Waals surface area contributed by atoms with E-state index in [-0.39, 0.29) is 0 Å². The summed E-state index contributed by atoms with van der Waals surface area (Å²) in [5.41, 5.74) is 1.42. The molecule has 0 radical (unpaired) electrons. The molecule has 0 spiro atoms. The second-order valence-corrected chi connectivity index (χ2v) is 3.60. The minimum Gasteiger partial charge on any atom is -0.493 e. The zero-order chi connectivity index (χ0) is 11.3. The molecule has 2 N–H and O–H groups in total. The maximum atomic E-state index is 8.97. The van der Waals surface area contributed by atoms with E-state index in [4.69, 9.17) is 14.8 Å². The highest BCUT2D eigenvalue weighted by atomic mass is 16.5. The molecule has 0 saturated heterocycles. The molecule has 3 nitrogen and oxygen atoms in total. The van der Waals surface area contributed by atoms with Crippen molar-refractivity contribution in [2.24, 2.45) is 0 Å². The zero-order valence-electron chi connectivity index (χ0n) is 9.23. The Bertz CT molecular complexity index is 313. The maximum absolute atomic E-state index is 8.97. The molecule has 0 aliphatic carbocycles. The van der Waals surface area contributed by atoms with Crippen LogP contribution in [0.5, 0.6) is 5.75 Å². The van der Waals surface area contributed by atoms with Crippen molar-refractivity contribution in [1.82, 2.24) is 0 Å². The third kappa shape index (κ3) is 3.57. The summed E-state index contributed by atoms with van der Waals surface area (Å²) in [6.07, 6.45) is 2.14. The van der Waals surface area contributed by atoms with Crippen LogP contribution in [-0.2, 0) is 0 Å². The van der Waals surface area contributed by atoms with Crippen molar-refractivity contribution in [3.63, 3.8) is 0 Å². The van der Waals surface area contributed by atoms with Crippen LogP contribution in [0.15, 0.2) is 18.2 Å². The fourth-order valence-electron chi connectivity index (χ4n) is 1.32. The number of ether oxygens (including phenoxy) is 1. The molecule has 15 heavy (non-hydrogen) atoms. The van der Waals surface area contributed by atoms with Gasteiger partial charge in [0.25, 0.3) is 0 Å². The molecule has 0 aromatic heterocycles. The van der Waals surface area contributed by atoms with Crippen LogP contribution in [-0.4, -0.2) is 23.8 Å². The summed E-state index contributed by atoms with van der Waals surface area (Å²) in [4.78, 5) is 0. The van der Waals surface area contributed by atoms with Gasteiger partial charge < -0.3 is 14.8 Å². The van der Waals surface area contributed by atoms with Crippen LogP contribution in [0.2, 0.25) is 0 Å². The van der Waals surface area contributed by atoms with Crippen LogP contribution in [0, 0.1) is 6.92 Å². The van der Waals surface area contributed by atoms with Crippen LogP contribution >= 0.6 is 0 Å². The van der Waals surface area contributed by atoms with E-state index in [1.165, 1.54) is 0 Å². The largest absolute Gasteiger partial charge is 0.493 e. The monoisotopic (exact) mass is 208 g/mol. The molecule has 0 unspecified atom stereocenters. The molecule has 1 aromatic rings. The van der Waals surface area contributed by atoms with Gasteiger partial charge in [-0.05, 0) is 30.4 Å². The van der Waals surface area contributed by atoms with Crippen molar-refractivity contribution in [2.75, 3.05) is 6.61 Å². The molecule has 0 aliphatic heterocycles. The van der Waals surface area contributed by atoms with Crippen molar-refractivity contribution in [3.05, 3.63) is 23.8 Å². The third-order valence-corrected chi connectivity index (χ3v) is 2.25. The van der Waals surface area contributed by atoms with Gasteiger partial charge in [0.05, 0.1) is 6.61 Å². The van der Waals surface area contributed by atoms with E-state index in [0.29, 0.717) is 12.1 Å². The van der Waals surface area contributed by atoms with Gasteiger partial charge in [0.2, 0.25) is 0 Å². The second kappa shape index (κ2) is 5.78. The van der Waals surface area contributed by atoms with Crippen molar-refractivity contribution in [2.45, 2.75) is 26.7 Å².